The highest BCUT2D eigenvalue weighted by atomic mass is 32.2. The van der Waals surface area contributed by atoms with Crippen LogP contribution in [0.3, 0.4) is 0 Å². The number of nitrogens with zero attached hydrogens (tertiary/aromatic N) is 3. The van der Waals surface area contributed by atoms with Crippen LogP contribution in [0.4, 0.5) is 4.79 Å². The van der Waals surface area contributed by atoms with Gasteiger partial charge in [0, 0.05) is 17.1 Å². The molecule has 9 heteroatoms. The minimum atomic E-state index is -0.617. The van der Waals surface area contributed by atoms with Crippen molar-refractivity contribution in [2.45, 2.75) is 46.5 Å². The number of esters is 1. The Morgan fingerprint density at radius 1 is 1.31 bits per heavy atom. The van der Waals surface area contributed by atoms with Gasteiger partial charge in [0.15, 0.2) is 0 Å². The molecule has 1 fully saturated rings. The van der Waals surface area contributed by atoms with Crippen molar-refractivity contribution >= 4 is 35.0 Å². The van der Waals surface area contributed by atoms with Gasteiger partial charge in [-0.15, -0.1) is 0 Å². The summed E-state index contributed by atoms with van der Waals surface area (Å²) >= 11 is 0.807. The fourth-order valence-corrected chi connectivity index (χ4v) is 5.18. The average Bonchev–Trinajstić information content (AvgIpc) is 3.35. The molecule has 166 valence electrons. The number of hydrogen-bond acceptors (Lipinski definition) is 6. The van der Waals surface area contributed by atoms with Gasteiger partial charge in [-0.25, -0.2) is 0 Å². The highest BCUT2D eigenvalue weighted by Crippen LogP contribution is 2.35. The van der Waals surface area contributed by atoms with Crippen LogP contribution in [0.25, 0.3) is 11.9 Å². The first-order valence-electron chi connectivity index (χ1n) is 10.6. The number of aryl methyl sites for hydroxylation is 2. The van der Waals surface area contributed by atoms with E-state index in [1.807, 2.05) is 24.5 Å². The van der Waals surface area contributed by atoms with Gasteiger partial charge in [-0.2, -0.15) is 5.26 Å². The molecule has 0 saturated carbocycles. The lowest BCUT2D eigenvalue weighted by molar-refractivity contribution is -0.145. The predicted molar refractivity (Wildman–Crippen MR) is 120 cm³/mol. The van der Waals surface area contributed by atoms with Gasteiger partial charge >= 0.3 is 5.97 Å². The monoisotopic (exact) mass is 452 g/mol. The molecule has 1 N–H and O–H groups in total. The van der Waals surface area contributed by atoms with Crippen molar-refractivity contribution in [3.63, 3.8) is 0 Å². The van der Waals surface area contributed by atoms with Crippen molar-refractivity contribution in [1.29, 1.82) is 5.26 Å². The number of thioether (sulfide) groups is 1. The van der Waals surface area contributed by atoms with E-state index >= 15 is 0 Å². The lowest BCUT2D eigenvalue weighted by Gasteiger charge is -2.10. The lowest BCUT2D eigenvalue weighted by Crippen LogP contribution is -2.34. The number of aromatic amines is 1. The smallest absolute Gasteiger partial charge is 0.326 e. The Bertz CT molecular complexity index is 1200. The molecule has 1 aliphatic heterocycles. The molecular formula is C23H24N4O4S. The number of carbonyl (C=O) groups excluding carboxylic acids is 3. The maximum absolute atomic E-state index is 12.7. The number of nitriles is 1. The summed E-state index contributed by atoms with van der Waals surface area (Å²) in [6, 6.07) is 4.29. The summed E-state index contributed by atoms with van der Waals surface area (Å²) in [6.45, 7) is 5.32. The highest BCUT2D eigenvalue weighted by Gasteiger charge is 2.37. The van der Waals surface area contributed by atoms with E-state index in [1.165, 1.54) is 0 Å². The van der Waals surface area contributed by atoms with Gasteiger partial charge in [-0.1, -0.05) is 0 Å². The summed E-state index contributed by atoms with van der Waals surface area (Å²) in [6.07, 6.45) is 5.69. The van der Waals surface area contributed by atoms with Crippen molar-refractivity contribution in [3.8, 4) is 11.9 Å². The number of amides is 2. The first-order valence-corrected chi connectivity index (χ1v) is 11.4. The number of aromatic nitrogens is 2. The lowest BCUT2D eigenvalue weighted by atomic mass is 9.95. The molecular weight excluding hydrogens is 428 g/mol. The van der Waals surface area contributed by atoms with E-state index in [1.54, 1.807) is 13.0 Å². The minimum absolute atomic E-state index is 0.184. The van der Waals surface area contributed by atoms with E-state index in [4.69, 9.17) is 4.74 Å². The number of H-pyrrole nitrogens is 1. The van der Waals surface area contributed by atoms with E-state index in [2.05, 4.69) is 11.1 Å². The van der Waals surface area contributed by atoms with Crippen LogP contribution in [0, 0.1) is 25.2 Å². The van der Waals surface area contributed by atoms with Crippen LogP contribution in [0.5, 0.6) is 0 Å². The van der Waals surface area contributed by atoms with E-state index < -0.39 is 23.7 Å². The molecule has 2 amide bonds. The topological polar surface area (TPSA) is 108 Å². The number of rotatable bonds is 5. The van der Waals surface area contributed by atoms with Gasteiger partial charge in [0.1, 0.15) is 18.4 Å². The number of fused-ring (bicyclic) bond motifs is 1. The molecule has 2 aromatic heterocycles. The van der Waals surface area contributed by atoms with E-state index in [0.717, 1.165) is 76.4 Å². The van der Waals surface area contributed by atoms with E-state index in [0.29, 0.717) is 5.56 Å². The number of ether oxygens (including phenoxy) is 1. The second kappa shape index (κ2) is 8.71. The molecule has 0 unspecified atom stereocenters. The third kappa shape index (κ3) is 3.75. The first-order chi connectivity index (χ1) is 15.3. The van der Waals surface area contributed by atoms with E-state index in [9.17, 15) is 19.6 Å². The Morgan fingerprint density at radius 3 is 2.78 bits per heavy atom. The van der Waals surface area contributed by atoms with Crippen LogP contribution in [0.2, 0.25) is 0 Å². The second-order valence-electron chi connectivity index (χ2n) is 7.86. The molecule has 1 saturated heterocycles. The molecule has 32 heavy (non-hydrogen) atoms. The van der Waals surface area contributed by atoms with Crippen LogP contribution in [-0.4, -0.2) is 44.7 Å². The van der Waals surface area contributed by atoms with Gasteiger partial charge in [0.2, 0.25) is 0 Å². The SMILES string of the molecule is CCOC(=O)CN1C(=O)S/C(=C/c2cc(C)n(-c3[nH]c4c(c3C#N)CCCC4)c2C)C1=O. The first kappa shape index (κ1) is 22.0. The summed E-state index contributed by atoms with van der Waals surface area (Å²) in [5, 5.41) is 9.33. The van der Waals surface area contributed by atoms with Crippen LogP contribution in [0.15, 0.2) is 11.0 Å². The van der Waals surface area contributed by atoms with Gasteiger partial charge in [-0.3, -0.25) is 19.3 Å². The molecule has 0 aromatic carbocycles. The molecule has 2 aliphatic rings. The molecule has 4 rings (SSSR count). The summed E-state index contributed by atoms with van der Waals surface area (Å²) in [5.74, 6) is -0.371. The minimum Gasteiger partial charge on any atom is -0.465 e. The zero-order valence-corrected chi connectivity index (χ0v) is 19.1. The Morgan fingerprint density at radius 2 is 2.06 bits per heavy atom. The van der Waals surface area contributed by atoms with Crippen LogP contribution in [0.1, 0.15) is 53.5 Å². The van der Waals surface area contributed by atoms with Gasteiger partial charge in [-0.05, 0) is 81.5 Å². The van der Waals surface area contributed by atoms with Crippen molar-refractivity contribution < 1.29 is 19.1 Å². The van der Waals surface area contributed by atoms with Gasteiger partial charge in [0.05, 0.1) is 17.1 Å². The molecule has 0 bridgehead atoms. The summed E-state index contributed by atoms with van der Waals surface area (Å²) in [5.41, 5.74) is 5.44. The maximum atomic E-state index is 12.7. The zero-order chi connectivity index (χ0) is 23.0. The van der Waals surface area contributed by atoms with Crippen LogP contribution < -0.4 is 0 Å². The summed E-state index contributed by atoms with van der Waals surface area (Å²) in [4.78, 5) is 41.3. The molecule has 0 radical (unpaired) electrons. The normalized spacial score (nSPS) is 17.1. The fourth-order valence-electron chi connectivity index (χ4n) is 4.35. The van der Waals surface area contributed by atoms with Gasteiger partial charge in [0.25, 0.3) is 11.1 Å². The maximum Gasteiger partial charge on any atom is 0.326 e. The summed E-state index contributed by atoms with van der Waals surface area (Å²) in [7, 11) is 0. The molecule has 1 aliphatic carbocycles. The molecule has 0 spiro atoms. The Hall–Kier alpha value is -3.25. The highest BCUT2D eigenvalue weighted by molar-refractivity contribution is 8.18. The second-order valence-corrected chi connectivity index (χ2v) is 8.85. The van der Waals surface area contributed by atoms with Crippen LogP contribution >= 0.6 is 11.8 Å². The van der Waals surface area contributed by atoms with Crippen molar-refractivity contribution in [2.24, 2.45) is 0 Å². The van der Waals surface area contributed by atoms with Crippen LogP contribution in [-0.2, 0) is 27.2 Å². The number of nitrogens with one attached hydrogen (secondary N) is 1. The third-order valence-corrected chi connectivity index (χ3v) is 6.74. The van der Waals surface area contributed by atoms with Crippen molar-refractivity contribution in [1.82, 2.24) is 14.5 Å². The van der Waals surface area contributed by atoms with Crippen molar-refractivity contribution in [2.75, 3.05) is 13.2 Å². The zero-order valence-electron chi connectivity index (χ0n) is 18.3. The molecule has 3 heterocycles. The average molecular weight is 453 g/mol. The Balaban J connectivity index is 1.68. The Kier molecular flexibility index (Phi) is 5.98. The number of hydrogen-bond donors (Lipinski definition) is 1. The third-order valence-electron chi connectivity index (χ3n) is 5.83. The molecule has 0 atom stereocenters. The van der Waals surface area contributed by atoms with Crippen molar-refractivity contribution in [3.05, 3.63) is 44.7 Å². The molecule has 2 aromatic rings. The summed E-state index contributed by atoms with van der Waals surface area (Å²) < 4.78 is 6.84. The predicted octanol–water partition coefficient (Wildman–Crippen LogP) is 3.77. The number of imide groups is 1. The quantitative estimate of drug-likeness (QED) is 0.546. The standard InChI is InChI=1S/C23H24N4O4S/c1-4-31-20(28)12-26-22(29)19(32-23(26)30)10-15-9-13(2)27(14(15)3)21-17(11-24)16-7-5-6-8-18(16)25-21/h9-10,25H,4-8,12H2,1-3H3/b19-10+. The fraction of sp³-hybridized carbons (Fsp3) is 0.391. The largest absolute Gasteiger partial charge is 0.465 e. The molecule has 8 nitrogen and oxygen atoms in total. The number of carbonyl (C=O) groups is 3. The van der Waals surface area contributed by atoms with E-state index in [-0.39, 0.29) is 11.5 Å². The van der Waals surface area contributed by atoms with Gasteiger partial charge < -0.3 is 14.3 Å². The Labute approximate surface area is 190 Å².